The molecule has 2 aromatic rings. The molecule has 2 nitrogen and oxygen atoms in total. The van der Waals surface area contributed by atoms with Gasteiger partial charge in [-0.2, -0.15) is 0 Å². The first-order valence-electron chi connectivity index (χ1n) is 7.41. The molecule has 0 bridgehead atoms. The fraction of sp³-hybridized carbons (Fsp3) is 0.333. The quantitative estimate of drug-likeness (QED) is 0.875. The van der Waals surface area contributed by atoms with E-state index in [2.05, 4.69) is 41.7 Å². The van der Waals surface area contributed by atoms with Crippen LogP contribution in [-0.4, -0.2) is 11.1 Å². The zero-order valence-corrected chi connectivity index (χ0v) is 11.4. The van der Waals surface area contributed by atoms with Crippen LogP contribution < -0.4 is 5.32 Å². The lowest BCUT2D eigenvalue weighted by Crippen LogP contribution is -2.32. The van der Waals surface area contributed by atoms with Crippen LogP contribution in [0.5, 0.6) is 0 Å². The lowest BCUT2D eigenvalue weighted by molar-refractivity contribution is 0.167. The topological polar surface area (TPSA) is 32.3 Å². The van der Waals surface area contributed by atoms with Crippen LogP contribution in [0.1, 0.15) is 40.8 Å². The van der Waals surface area contributed by atoms with E-state index in [1.165, 1.54) is 16.7 Å². The highest BCUT2D eigenvalue weighted by molar-refractivity contribution is 5.38. The van der Waals surface area contributed by atoms with Gasteiger partial charge in [-0.15, -0.1) is 0 Å². The number of benzene rings is 2. The maximum absolute atomic E-state index is 10.2. The van der Waals surface area contributed by atoms with Crippen molar-refractivity contribution >= 4 is 0 Å². The number of rotatable bonds is 2. The SMILES string of the molecule is OC1CC(NC2Cc3ccccc3C2)c2ccccc21. The van der Waals surface area contributed by atoms with E-state index in [0.29, 0.717) is 12.1 Å². The third-order valence-corrected chi connectivity index (χ3v) is 4.68. The van der Waals surface area contributed by atoms with Crippen molar-refractivity contribution < 1.29 is 5.11 Å². The third kappa shape index (κ3) is 1.96. The van der Waals surface area contributed by atoms with Gasteiger partial charge in [0.15, 0.2) is 0 Å². The standard InChI is InChI=1S/C18H19NO/c20-18-11-17(15-7-3-4-8-16(15)18)19-14-9-12-5-1-2-6-13(12)10-14/h1-8,14,17-20H,9-11H2. The van der Waals surface area contributed by atoms with Gasteiger partial charge < -0.3 is 10.4 Å². The van der Waals surface area contributed by atoms with E-state index in [4.69, 9.17) is 0 Å². The van der Waals surface area contributed by atoms with Gasteiger partial charge in [-0.1, -0.05) is 48.5 Å². The van der Waals surface area contributed by atoms with E-state index in [9.17, 15) is 5.11 Å². The number of nitrogens with one attached hydrogen (secondary N) is 1. The van der Waals surface area contributed by atoms with Crippen molar-refractivity contribution in [1.82, 2.24) is 5.32 Å². The molecule has 2 atom stereocenters. The molecular formula is C18H19NO. The van der Waals surface area contributed by atoms with Crippen molar-refractivity contribution in [3.05, 3.63) is 70.8 Å². The predicted octanol–water partition coefficient (Wildman–Crippen LogP) is 2.92. The first-order chi connectivity index (χ1) is 9.81. The fourth-order valence-electron chi connectivity index (χ4n) is 3.73. The lowest BCUT2D eigenvalue weighted by Gasteiger charge is -2.19. The van der Waals surface area contributed by atoms with Crippen LogP contribution in [0, 0.1) is 0 Å². The first-order valence-corrected chi connectivity index (χ1v) is 7.41. The normalized spacial score (nSPS) is 24.6. The molecule has 2 heteroatoms. The smallest absolute Gasteiger partial charge is 0.0811 e. The second-order valence-electron chi connectivity index (χ2n) is 5.97. The molecule has 4 rings (SSSR count). The molecule has 0 saturated carbocycles. The highest BCUT2D eigenvalue weighted by atomic mass is 16.3. The molecule has 102 valence electrons. The van der Waals surface area contributed by atoms with Crippen LogP contribution in [0.15, 0.2) is 48.5 Å². The van der Waals surface area contributed by atoms with Crippen molar-refractivity contribution in [2.45, 2.75) is 37.5 Å². The summed E-state index contributed by atoms with van der Waals surface area (Å²) in [6.07, 6.45) is 2.69. The summed E-state index contributed by atoms with van der Waals surface area (Å²) in [7, 11) is 0. The summed E-state index contributed by atoms with van der Waals surface area (Å²) < 4.78 is 0. The zero-order valence-electron chi connectivity index (χ0n) is 11.4. The van der Waals surface area contributed by atoms with Gasteiger partial charge in [-0.25, -0.2) is 0 Å². The number of fused-ring (bicyclic) bond motifs is 2. The molecule has 2 N–H and O–H groups in total. The second kappa shape index (κ2) is 4.72. The minimum atomic E-state index is -0.313. The molecule has 0 aliphatic heterocycles. The van der Waals surface area contributed by atoms with E-state index < -0.39 is 0 Å². The van der Waals surface area contributed by atoms with Crippen molar-refractivity contribution in [3.63, 3.8) is 0 Å². The summed E-state index contributed by atoms with van der Waals surface area (Å²) in [6, 6.07) is 17.8. The van der Waals surface area contributed by atoms with Gasteiger partial charge in [0.2, 0.25) is 0 Å². The van der Waals surface area contributed by atoms with E-state index in [1.807, 2.05) is 12.1 Å². The Morgan fingerprint density at radius 2 is 1.45 bits per heavy atom. The Balaban J connectivity index is 1.52. The maximum atomic E-state index is 10.2. The Morgan fingerprint density at radius 1 is 0.850 bits per heavy atom. The first kappa shape index (κ1) is 12.1. The molecule has 0 radical (unpaired) electrons. The predicted molar refractivity (Wildman–Crippen MR) is 79.5 cm³/mol. The summed E-state index contributed by atoms with van der Waals surface area (Å²) in [5, 5.41) is 13.9. The monoisotopic (exact) mass is 265 g/mol. The number of aliphatic hydroxyl groups is 1. The minimum Gasteiger partial charge on any atom is -0.388 e. The molecule has 20 heavy (non-hydrogen) atoms. The summed E-state index contributed by atoms with van der Waals surface area (Å²) in [5.74, 6) is 0. The minimum absolute atomic E-state index is 0.292. The van der Waals surface area contributed by atoms with Gasteiger partial charge in [-0.05, 0) is 41.5 Å². The summed E-state index contributed by atoms with van der Waals surface area (Å²) in [4.78, 5) is 0. The van der Waals surface area contributed by atoms with Gasteiger partial charge in [0.05, 0.1) is 6.10 Å². The van der Waals surface area contributed by atoms with Crippen molar-refractivity contribution in [1.29, 1.82) is 0 Å². The number of aliphatic hydroxyl groups excluding tert-OH is 1. The Kier molecular flexibility index (Phi) is 2.86. The molecule has 2 unspecified atom stereocenters. The zero-order chi connectivity index (χ0) is 13.5. The van der Waals surface area contributed by atoms with Gasteiger partial charge in [-0.3, -0.25) is 0 Å². The molecule has 0 aromatic heterocycles. The molecule has 0 amide bonds. The Hall–Kier alpha value is -1.64. The van der Waals surface area contributed by atoms with Crippen molar-refractivity contribution in [3.8, 4) is 0 Å². The molecule has 0 heterocycles. The van der Waals surface area contributed by atoms with Crippen LogP contribution in [0.4, 0.5) is 0 Å². The van der Waals surface area contributed by atoms with Gasteiger partial charge >= 0.3 is 0 Å². The molecule has 0 saturated heterocycles. The second-order valence-corrected chi connectivity index (χ2v) is 5.97. The summed E-state index contributed by atoms with van der Waals surface area (Å²) >= 11 is 0. The average Bonchev–Trinajstić information content (AvgIpc) is 3.01. The van der Waals surface area contributed by atoms with Gasteiger partial charge in [0.1, 0.15) is 0 Å². The Bertz CT molecular complexity index is 612. The van der Waals surface area contributed by atoms with Crippen LogP contribution in [0.3, 0.4) is 0 Å². The molecule has 2 aromatic carbocycles. The summed E-state index contributed by atoms with van der Waals surface area (Å²) in [5.41, 5.74) is 5.31. The van der Waals surface area contributed by atoms with Crippen LogP contribution in [0.25, 0.3) is 0 Å². The van der Waals surface area contributed by atoms with Crippen molar-refractivity contribution in [2.24, 2.45) is 0 Å². The molecule has 2 aliphatic rings. The molecule has 2 aliphatic carbocycles. The fourth-order valence-corrected chi connectivity index (χ4v) is 3.73. The van der Waals surface area contributed by atoms with E-state index in [0.717, 1.165) is 24.8 Å². The molecule has 0 spiro atoms. The molecule has 0 fully saturated rings. The van der Waals surface area contributed by atoms with Crippen LogP contribution >= 0.6 is 0 Å². The highest BCUT2D eigenvalue weighted by Gasteiger charge is 2.32. The Labute approximate surface area is 119 Å². The molecular weight excluding hydrogens is 246 g/mol. The third-order valence-electron chi connectivity index (χ3n) is 4.68. The van der Waals surface area contributed by atoms with E-state index >= 15 is 0 Å². The largest absolute Gasteiger partial charge is 0.388 e. The van der Waals surface area contributed by atoms with Crippen LogP contribution in [0.2, 0.25) is 0 Å². The average molecular weight is 265 g/mol. The van der Waals surface area contributed by atoms with Gasteiger partial charge in [0.25, 0.3) is 0 Å². The van der Waals surface area contributed by atoms with Crippen LogP contribution in [-0.2, 0) is 12.8 Å². The number of hydrogen-bond donors (Lipinski definition) is 2. The number of hydrogen-bond acceptors (Lipinski definition) is 2. The highest BCUT2D eigenvalue weighted by Crippen LogP contribution is 2.39. The maximum Gasteiger partial charge on any atom is 0.0811 e. The van der Waals surface area contributed by atoms with Crippen molar-refractivity contribution in [2.75, 3.05) is 0 Å². The van der Waals surface area contributed by atoms with Gasteiger partial charge in [0, 0.05) is 12.1 Å². The Morgan fingerprint density at radius 3 is 2.15 bits per heavy atom. The van der Waals surface area contributed by atoms with E-state index in [1.54, 1.807) is 0 Å². The van der Waals surface area contributed by atoms with E-state index in [-0.39, 0.29) is 6.10 Å². The lowest BCUT2D eigenvalue weighted by atomic mass is 10.1. The summed E-state index contributed by atoms with van der Waals surface area (Å²) in [6.45, 7) is 0.